The molecule has 2 aliphatic heterocycles. The number of rotatable bonds is 7. The van der Waals surface area contributed by atoms with Crippen molar-refractivity contribution in [2.24, 2.45) is 17.8 Å². The summed E-state index contributed by atoms with van der Waals surface area (Å²) in [6, 6.07) is 2.15. The van der Waals surface area contributed by atoms with Crippen LogP contribution in [0, 0.1) is 29.4 Å². The van der Waals surface area contributed by atoms with E-state index in [9.17, 15) is 22.0 Å². The van der Waals surface area contributed by atoms with Crippen molar-refractivity contribution in [3.05, 3.63) is 35.4 Å². The van der Waals surface area contributed by atoms with Gasteiger partial charge < -0.3 is 19.7 Å². The highest BCUT2D eigenvalue weighted by Crippen LogP contribution is 2.42. The summed E-state index contributed by atoms with van der Waals surface area (Å²) in [7, 11) is 0. The molecule has 1 aromatic heterocycles. The molecule has 0 amide bonds. The quantitative estimate of drug-likeness (QED) is 0.489. The van der Waals surface area contributed by atoms with Crippen LogP contribution in [0.2, 0.25) is 0 Å². The predicted molar refractivity (Wildman–Crippen MR) is 127 cm³/mol. The van der Waals surface area contributed by atoms with Gasteiger partial charge in [0.2, 0.25) is 0 Å². The van der Waals surface area contributed by atoms with Crippen molar-refractivity contribution < 1.29 is 31.4 Å². The van der Waals surface area contributed by atoms with Gasteiger partial charge in [-0.25, -0.2) is 8.78 Å². The molecule has 6 nitrogen and oxygen atoms in total. The molecule has 2 saturated heterocycles. The molecule has 0 bridgehead atoms. The third-order valence-corrected chi connectivity index (χ3v) is 7.72. The topological polar surface area (TPSA) is 59.5 Å². The first-order chi connectivity index (χ1) is 17.7. The Balaban J connectivity index is 1.28. The Labute approximate surface area is 212 Å². The molecule has 1 N–H and O–H groups in total. The second-order valence-electron chi connectivity index (χ2n) is 10.3. The molecule has 202 valence electrons. The zero-order valence-corrected chi connectivity index (χ0v) is 20.7. The van der Waals surface area contributed by atoms with Crippen molar-refractivity contribution in [2.75, 3.05) is 44.8 Å². The summed E-state index contributed by atoms with van der Waals surface area (Å²) in [5.41, 5.74) is -1.86. The number of hydrogen-bond donors (Lipinski definition) is 1. The van der Waals surface area contributed by atoms with Crippen LogP contribution < -0.4 is 10.1 Å². The van der Waals surface area contributed by atoms with E-state index in [1.54, 1.807) is 6.92 Å². The number of hydrogen-bond acceptors (Lipinski definition) is 6. The molecule has 2 aromatic rings. The number of benzene rings is 1. The third-order valence-electron chi connectivity index (χ3n) is 7.72. The average Bonchev–Trinajstić information content (AvgIpc) is 3.39. The molecule has 3 atom stereocenters. The normalized spacial score (nSPS) is 24.9. The molecular formula is C26H31F5N4O2. The molecular weight excluding hydrogens is 495 g/mol. The van der Waals surface area contributed by atoms with E-state index in [4.69, 9.17) is 9.47 Å². The number of aromatic nitrogens is 2. The molecule has 3 heterocycles. The molecule has 0 spiro atoms. The first kappa shape index (κ1) is 26.1. The minimum atomic E-state index is -4.75. The van der Waals surface area contributed by atoms with Gasteiger partial charge in [-0.2, -0.15) is 13.2 Å². The van der Waals surface area contributed by atoms with Gasteiger partial charge in [0.05, 0.1) is 12.3 Å². The highest BCUT2D eigenvalue weighted by atomic mass is 19.4. The van der Waals surface area contributed by atoms with Gasteiger partial charge in [0.25, 0.3) is 0 Å². The lowest BCUT2D eigenvalue weighted by Gasteiger charge is -2.28. The Hall–Kier alpha value is -2.53. The lowest BCUT2D eigenvalue weighted by atomic mass is 10.00. The number of anilines is 1. The molecule has 3 fully saturated rings. The number of halogens is 5. The molecule has 1 saturated carbocycles. The fourth-order valence-corrected chi connectivity index (χ4v) is 5.99. The lowest BCUT2D eigenvalue weighted by Crippen LogP contribution is -2.32. The van der Waals surface area contributed by atoms with Gasteiger partial charge in [-0.15, -0.1) is 10.2 Å². The second-order valence-corrected chi connectivity index (χ2v) is 10.3. The predicted octanol–water partition coefficient (Wildman–Crippen LogP) is 5.39. The largest absolute Gasteiger partial charge is 0.491 e. The number of alkyl halides is 3. The van der Waals surface area contributed by atoms with Crippen LogP contribution in [-0.4, -0.2) is 60.6 Å². The smallest absolute Gasteiger partial charge is 0.420 e. The Morgan fingerprint density at radius 2 is 1.73 bits per heavy atom. The summed E-state index contributed by atoms with van der Waals surface area (Å²) in [6.07, 6.45) is -1.07. The second kappa shape index (κ2) is 10.7. The van der Waals surface area contributed by atoms with Crippen LogP contribution in [0.25, 0.3) is 11.3 Å². The van der Waals surface area contributed by atoms with Crippen molar-refractivity contribution in [2.45, 2.75) is 44.8 Å². The number of nitrogens with one attached hydrogen (secondary N) is 1. The van der Waals surface area contributed by atoms with Crippen LogP contribution >= 0.6 is 0 Å². The highest BCUT2D eigenvalue weighted by Gasteiger charge is 2.43. The molecule has 1 aromatic carbocycles. The lowest BCUT2D eigenvalue weighted by molar-refractivity contribution is -0.137. The van der Waals surface area contributed by atoms with E-state index in [1.807, 2.05) is 0 Å². The number of nitrogens with zero attached hydrogens (tertiary/aromatic N) is 3. The SMILES string of the molecule is CCOc1cc(F)c(-c2cc(C(F)(F)F)c(N[C@H]3C[C@@H]4CN(CC5CCOCC5)C[C@@H]4C3)nn2)cc1F. The van der Waals surface area contributed by atoms with Gasteiger partial charge in [-0.3, -0.25) is 0 Å². The molecule has 0 radical (unpaired) electrons. The van der Waals surface area contributed by atoms with Crippen molar-refractivity contribution in [1.29, 1.82) is 0 Å². The van der Waals surface area contributed by atoms with Crippen LogP contribution in [0.1, 0.15) is 38.2 Å². The summed E-state index contributed by atoms with van der Waals surface area (Å²) in [5, 5.41) is 10.5. The minimum Gasteiger partial charge on any atom is -0.491 e. The first-order valence-corrected chi connectivity index (χ1v) is 12.8. The molecule has 11 heteroatoms. The maximum atomic E-state index is 14.6. The third kappa shape index (κ3) is 5.82. The van der Waals surface area contributed by atoms with E-state index in [0.717, 1.165) is 76.7 Å². The summed E-state index contributed by atoms with van der Waals surface area (Å²) in [6.45, 7) is 6.34. The van der Waals surface area contributed by atoms with Crippen LogP contribution in [0.5, 0.6) is 5.75 Å². The fraction of sp³-hybridized carbons (Fsp3) is 0.615. The van der Waals surface area contributed by atoms with Crippen molar-refractivity contribution in [1.82, 2.24) is 15.1 Å². The van der Waals surface area contributed by atoms with Gasteiger partial charge in [0, 0.05) is 50.5 Å². The number of ether oxygens (including phenoxy) is 2. The molecule has 0 unspecified atom stereocenters. The summed E-state index contributed by atoms with van der Waals surface area (Å²) in [4.78, 5) is 2.49. The molecule has 1 aliphatic carbocycles. The van der Waals surface area contributed by atoms with Crippen LogP contribution in [-0.2, 0) is 10.9 Å². The van der Waals surface area contributed by atoms with E-state index >= 15 is 0 Å². The van der Waals surface area contributed by atoms with Gasteiger partial charge in [-0.05, 0) is 62.5 Å². The van der Waals surface area contributed by atoms with Gasteiger partial charge >= 0.3 is 6.18 Å². The Kier molecular flexibility index (Phi) is 7.53. The van der Waals surface area contributed by atoms with Gasteiger partial charge in [0.15, 0.2) is 17.4 Å². The Morgan fingerprint density at radius 3 is 2.38 bits per heavy atom. The van der Waals surface area contributed by atoms with Gasteiger partial charge in [0.1, 0.15) is 11.4 Å². The minimum absolute atomic E-state index is 0.116. The van der Waals surface area contributed by atoms with Crippen molar-refractivity contribution in [3.63, 3.8) is 0 Å². The average molecular weight is 527 g/mol. The Morgan fingerprint density at radius 1 is 1.03 bits per heavy atom. The summed E-state index contributed by atoms with van der Waals surface area (Å²) >= 11 is 0. The Bertz CT molecular complexity index is 1100. The van der Waals surface area contributed by atoms with E-state index in [0.29, 0.717) is 17.8 Å². The molecule has 5 rings (SSSR count). The van der Waals surface area contributed by atoms with E-state index in [-0.39, 0.29) is 24.2 Å². The molecule has 3 aliphatic rings. The van der Waals surface area contributed by atoms with Crippen LogP contribution in [0.15, 0.2) is 18.2 Å². The van der Waals surface area contributed by atoms with Crippen molar-refractivity contribution in [3.8, 4) is 17.0 Å². The monoisotopic (exact) mass is 526 g/mol. The van der Waals surface area contributed by atoms with Crippen LogP contribution in [0.3, 0.4) is 0 Å². The number of fused-ring (bicyclic) bond motifs is 1. The summed E-state index contributed by atoms with van der Waals surface area (Å²) < 4.78 is 81.2. The number of likely N-dealkylation sites (tertiary alicyclic amines) is 1. The standard InChI is InChI=1S/C26H31F5N4O2/c1-2-37-24-11-21(27)19(9-22(24)28)23-10-20(26(29,30)31)25(34-33-23)32-18-7-16-13-35(14-17(16)8-18)12-15-3-5-36-6-4-15/h9-11,15-18H,2-8,12-14H2,1H3,(H,32,34)/t16-,17+,18+. The summed E-state index contributed by atoms with van der Waals surface area (Å²) in [5.74, 6) is -1.02. The van der Waals surface area contributed by atoms with E-state index in [2.05, 4.69) is 20.4 Å². The maximum Gasteiger partial charge on any atom is 0.420 e. The molecule has 37 heavy (non-hydrogen) atoms. The maximum absolute atomic E-state index is 14.6. The van der Waals surface area contributed by atoms with Crippen molar-refractivity contribution >= 4 is 5.82 Å². The fourth-order valence-electron chi connectivity index (χ4n) is 5.99. The van der Waals surface area contributed by atoms with Gasteiger partial charge in [-0.1, -0.05) is 0 Å². The van der Waals surface area contributed by atoms with E-state index < -0.39 is 34.6 Å². The first-order valence-electron chi connectivity index (χ1n) is 12.8. The van der Waals surface area contributed by atoms with E-state index in [1.165, 1.54) is 0 Å². The highest BCUT2D eigenvalue weighted by molar-refractivity contribution is 5.64. The van der Waals surface area contributed by atoms with Crippen LogP contribution in [0.4, 0.5) is 27.8 Å². The zero-order chi connectivity index (χ0) is 26.2. The zero-order valence-electron chi connectivity index (χ0n) is 20.7.